The van der Waals surface area contributed by atoms with E-state index in [1.54, 1.807) is 26.0 Å². The van der Waals surface area contributed by atoms with Crippen LogP contribution in [0, 0.1) is 0 Å². The molecule has 0 aliphatic heterocycles. The Bertz CT molecular complexity index is 1440. The van der Waals surface area contributed by atoms with Crippen molar-refractivity contribution >= 4 is 39.4 Å². The monoisotopic (exact) mass is 655 g/mol. The zero-order valence-corrected chi connectivity index (χ0v) is 28.4. The minimum atomic E-state index is -4.12. The quantitative estimate of drug-likeness (QED) is 0.0478. The van der Waals surface area contributed by atoms with Crippen LogP contribution >= 0.6 is 23.5 Å². The molecule has 238 valence electrons. The summed E-state index contributed by atoms with van der Waals surface area (Å²) >= 11 is 2.65. The zero-order valence-electron chi connectivity index (χ0n) is 26.0. The number of hydrogen-bond acceptors (Lipinski definition) is 8. The molecule has 2 N–H and O–H groups in total. The zero-order chi connectivity index (χ0) is 31.5. The van der Waals surface area contributed by atoms with Gasteiger partial charge in [-0.25, -0.2) is 0 Å². The van der Waals surface area contributed by atoms with Crippen molar-refractivity contribution in [2.45, 2.75) is 117 Å². The number of thioether (sulfide) groups is 2. The van der Waals surface area contributed by atoms with E-state index < -0.39 is 21.0 Å². The van der Waals surface area contributed by atoms with E-state index in [0.29, 0.717) is 5.71 Å². The Morgan fingerprint density at radius 1 is 0.682 bits per heavy atom. The lowest BCUT2D eigenvalue weighted by atomic mass is 10.0. The van der Waals surface area contributed by atoms with E-state index in [4.69, 9.17) is 4.28 Å². The van der Waals surface area contributed by atoms with E-state index in [1.165, 1.54) is 81.3 Å². The van der Waals surface area contributed by atoms with Gasteiger partial charge in [-0.2, -0.15) is 8.42 Å². The van der Waals surface area contributed by atoms with Gasteiger partial charge in [0.15, 0.2) is 0 Å². The van der Waals surface area contributed by atoms with Crippen molar-refractivity contribution < 1.29 is 22.9 Å². The number of rotatable bonds is 18. The highest BCUT2D eigenvalue weighted by atomic mass is 32.2. The summed E-state index contributed by atoms with van der Waals surface area (Å²) in [6, 6.07) is 18.3. The number of aliphatic hydroxyl groups excluding tert-OH is 2. The first-order chi connectivity index (χ1) is 21.2. The van der Waals surface area contributed by atoms with Gasteiger partial charge in [0.2, 0.25) is 0 Å². The molecule has 0 radical (unpaired) electrons. The van der Waals surface area contributed by atoms with Crippen molar-refractivity contribution in [3.05, 3.63) is 77.4 Å². The van der Waals surface area contributed by atoms with Crippen LogP contribution in [0.5, 0.6) is 0 Å². The molecule has 0 saturated carbocycles. The maximum absolute atomic E-state index is 13.1. The molecule has 0 fully saturated rings. The maximum Gasteiger partial charge on any atom is 0.358 e. The van der Waals surface area contributed by atoms with Crippen molar-refractivity contribution in [1.29, 1.82) is 0 Å². The Morgan fingerprint density at radius 2 is 1.16 bits per heavy atom. The number of oxime groups is 1. The molecule has 1 aliphatic carbocycles. The number of aryl methyl sites for hydroxylation is 1. The minimum absolute atomic E-state index is 0.0690. The van der Waals surface area contributed by atoms with E-state index in [-0.39, 0.29) is 4.90 Å². The smallest absolute Gasteiger partial charge is 0.358 e. The van der Waals surface area contributed by atoms with Crippen LogP contribution in [0.4, 0.5) is 0 Å². The van der Waals surface area contributed by atoms with Gasteiger partial charge in [-0.3, -0.25) is 4.28 Å². The summed E-state index contributed by atoms with van der Waals surface area (Å²) in [4.78, 5) is 1.83. The highest BCUT2D eigenvalue weighted by Crippen LogP contribution is 2.42. The van der Waals surface area contributed by atoms with Gasteiger partial charge in [0.25, 0.3) is 0 Å². The molecular weight excluding hydrogens is 611 g/mol. The van der Waals surface area contributed by atoms with Crippen LogP contribution in [0.15, 0.2) is 80.5 Å². The fraction of sp³-hybridized carbons (Fsp3) is 0.457. The van der Waals surface area contributed by atoms with Crippen LogP contribution in [-0.2, 0) is 20.8 Å². The van der Waals surface area contributed by atoms with Crippen molar-refractivity contribution in [2.24, 2.45) is 5.16 Å². The molecule has 44 heavy (non-hydrogen) atoms. The lowest BCUT2D eigenvalue weighted by Crippen LogP contribution is -2.06. The van der Waals surface area contributed by atoms with Gasteiger partial charge >= 0.3 is 10.1 Å². The second-order valence-corrected chi connectivity index (χ2v) is 15.7. The number of hydrogen-bond donors (Lipinski definition) is 2. The normalized spacial score (nSPS) is 13.8. The van der Waals surface area contributed by atoms with E-state index in [2.05, 4.69) is 12.1 Å². The van der Waals surface area contributed by atoms with Crippen LogP contribution in [-0.4, -0.2) is 35.2 Å². The highest BCUT2D eigenvalue weighted by molar-refractivity contribution is 8.00. The summed E-state index contributed by atoms with van der Waals surface area (Å²) in [6.07, 6.45) is 13.8. The van der Waals surface area contributed by atoms with Crippen molar-refractivity contribution in [2.75, 3.05) is 0 Å². The number of fused-ring (bicyclic) bond motifs is 3. The third-order valence-corrected chi connectivity index (χ3v) is 10.5. The molecule has 0 spiro atoms. The van der Waals surface area contributed by atoms with Gasteiger partial charge in [0.05, 0.1) is 0 Å². The molecule has 6 nitrogen and oxygen atoms in total. The Labute approximate surface area is 271 Å². The van der Waals surface area contributed by atoms with Gasteiger partial charge in [0, 0.05) is 20.9 Å². The first-order valence-corrected chi connectivity index (χ1v) is 18.9. The number of nitrogens with zero attached hydrogens (tertiary/aromatic N) is 1. The Kier molecular flexibility index (Phi) is 13.2. The van der Waals surface area contributed by atoms with E-state index in [1.807, 2.05) is 48.5 Å². The summed E-state index contributed by atoms with van der Waals surface area (Å²) in [5, 5.41) is 23.9. The fourth-order valence-corrected chi connectivity index (χ4v) is 7.64. The van der Waals surface area contributed by atoms with Crippen LogP contribution < -0.4 is 0 Å². The molecule has 0 aromatic heterocycles. The summed E-state index contributed by atoms with van der Waals surface area (Å²) in [5.74, 6) is 0. The maximum atomic E-state index is 13.1. The Balaban J connectivity index is 1.40. The fourth-order valence-electron chi connectivity index (χ4n) is 5.46. The van der Waals surface area contributed by atoms with Crippen molar-refractivity contribution in [3.8, 4) is 11.1 Å². The molecule has 4 rings (SSSR count). The van der Waals surface area contributed by atoms with Crippen LogP contribution in [0.25, 0.3) is 11.1 Å². The molecule has 9 heteroatoms. The van der Waals surface area contributed by atoms with Crippen LogP contribution in [0.2, 0.25) is 0 Å². The highest BCUT2D eigenvalue weighted by Gasteiger charge is 2.28. The average molecular weight is 656 g/mol. The predicted molar refractivity (Wildman–Crippen MR) is 183 cm³/mol. The standard InChI is InChI=1S/C35H45NO5S3/c1-4-5-6-7-8-9-10-11-12-13-14-27-15-19-30(20-16-27)44(39,40)41-36-35-31-21-17-28(42-25(2)37)23-33(31)34-24-29(43-26(3)38)18-22-32(34)35/h15-26,37-38H,4-14H2,1-3H3. The van der Waals surface area contributed by atoms with Gasteiger partial charge in [-0.1, -0.05) is 118 Å². The van der Waals surface area contributed by atoms with Crippen molar-refractivity contribution in [1.82, 2.24) is 0 Å². The second kappa shape index (κ2) is 16.9. The molecule has 2 atom stereocenters. The lowest BCUT2D eigenvalue weighted by Gasteiger charge is -2.08. The number of unbranched alkanes of at least 4 members (excludes halogenated alkanes) is 9. The molecule has 0 amide bonds. The van der Waals surface area contributed by atoms with Gasteiger partial charge in [-0.05, 0) is 79.8 Å². The van der Waals surface area contributed by atoms with E-state index in [0.717, 1.165) is 50.4 Å². The largest absolute Gasteiger partial charge is 0.382 e. The predicted octanol–water partition coefficient (Wildman–Crippen LogP) is 9.15. The first kappa shape index (κ1) is 34.6. The summed E-state index contributed by atoms with van der Waals surface area (Å²) < 4.78 is 31.5. The summed E-state index contributed by atoms with van der Waals surface area (Å²) in [6.45, 7) is 5.66. The third kappa shape index (κ3) is 9.85. The molecule has 2 unspecified atom stereocenters. The van der Waals surface area contributed by atoms with Gasteiger partial charge in [-0.15, -0.1) is 0 Å². The summed E-state index contributed by atoms with van der Waals surface area (Å²) in [5.41, 5.74) is 3.63. The SMILES string of the molecule is CCCCCCCCCCCCc1ccc(S(=O)(=O)ON=C2c3ccc(SC(C)O)cc3-c3cc(SC(C)O)ccc32)cc1. The number of aliphatic hydroxyl groups is 2. The van der Waals surface area contributed by atoms with Gasteiger partial charge < -0.3 is 10.2 Å². The molecule has 0 bridgehead atoms. The van der Waals surface area contributed by atoms with Crippen LogP contribution in [0.1, 0.15) is 102 Å². The first-order valence-electron chi connectivity index (χ1n) is 15.8. The molecular formula is C35H45NO5S3. The molecule has 1 aliphatic rings. The van der Waals surface area contributed by atoms with Crippen molar-refractivity contribution in [3.63, 3.8) is 0 Å². The van der Waals surface area contributed by atoms with Crippen LogP contribution in [0.3, 0.4) is 0 Å². The second-order valence-electron chi connectivity index (χ2n) is 11.4. The van der Waals surface area contributed by atoms with Gasteiger partial charge in [0.1, 0.15) is 21.5 Å². The van der Waals surface area contributed by atoms with E-state index in [9.17, 15) is 18.6 Å². The summed E-state index contributed by atoms with van der Waals surface area (Å²) in [7, 11) is -4.12. The lowest BCUT2D eigenvalue weighted by molar-refractivity contribution is 0.283. The van der Waals surface area contributed by atoms with E-state index >= 15 is 0 Å². The average Bonchev–Trinajstić information content (AvgIpc) is 3.29. The number of benzene rings is 3. The topological polar surface area (TPSA) is 96.2 Å². The molecule has 0 heterocycles. The Hall–Kier alpha value is -2.30. The molecule has 0 saturated heterocycles. The third-order valence-electron chi connectivity index (χ3n) is 7.65. The molecule has 3 aromatic rings. The minimum Gasteiger partial charge on any atom is -0.382 e. The Morgan fingerprint density at radius 3 is 1.64 bits per heavy atom. The molecule has 3 aromatic carbocycles.